The first-order chi connectivity index (χ1) is 13.2. The monoisotopic (exact) mass is 356 g/mol. The molecule has 5 nitrogen and oxygen atoms in total. The van der Waals surface area contributed by atoms with Gasteiger partial charge in [-0.1, -0.05) is 24.3 Å². The average molecular weight is 356 g/mol. The number of hydrogen-bond donors (Lipinski definition) is 2. The van der Waals surface area contributed by atoms with E-state index in [1.807, 2.05) is 24.3 Å². The van der Waals surface area contributed by atoms with Crippen LogP contribution in [-0.4, -0.2) is 23.6 Å². The molecule has 0 bridgehead atoms. The van der Waals surface area contributed by atoms with Crippen LogP contribution in [0.4, 0.5) is 5.82 Å². The summed E-state index contributed by atoms with van der Waals surface area (Å²) in [6.07, 6.45) is 5.77. The van der Waals surface area contributed by atoms with E-state index in [0.29, 0.717) is 6.54 Å². The molecule has 1 aliphatic rings. The lowest BCUT2D eigenvalue weighted by Gasteiger charge is -2.08. The molecule has 0 aliphatic carbocycles. The van der Waals surface area contributed by atoms with Crippen molar-refractivity contribution in [2.45, 2.75) is 6.54 Å². The molecule has 0 atom stereocenters. The summed E-state index contributed by atoms with van der Waals surface area (Å²) in [5.41, 5.74) is 7.89. The van der Waals surface area contributed by atoms with Crippen LogP contribution in [0.2, 0.25) is 0 Å². The van der Waals surface area contributed by atoms with Gasteiger partial charge in [-0.2, -0.15) is 0 Å². The molecule has 5 rings (SSSR count). The zero-order chi connectivity index (χ0) is 18.2. The summed E-state index contributed by atoms with van der Waals surface area (Å²) >= 11 is 0. The number of rotatable bonds is 4. The molecular weight excluding hydrogens is 336 g/mol. The van der Waals surface area contributed by atoms with Crippen LogP contribution >= 0.6 is 0 Å². The molecule has 0 unspecified atom stereocenters. The number of nitrogens with zero attached hydrogens (tertiary/aromatic N) is 2. The van der Waals surface area contributed by atoms with E-state index in [0.717, 1.165) is 28.7 Å². The number of nitrogens with one attached hydrogen (secondary N) is 2. The van der Waals surface area contributed by atoms with E-state index in [-0.39, 0.29) is 0 Å². The molecule has 1 aliphatic heterocycles. The minimum absolute atomic E-state index is 0.703. The number of fused-ring (bicyclic) bond motifs is 2. The summed E-state index contributed by atoms with van der Waals surface area (Å²) in [7, 11) is 2.01. The molecule has 0 spiro atoms. The van der Waals surface area contributed by atoms with Crippen molar-refractivity contribution < 1.29 is 4.42 Å². The third-order valence-electron chi connectivity index (χ3n) is 4.96. The molecule has 27 heavy (non-hydrogen) atoms. The second-order valence-corrected chi connectivity index (χ2v) is 6.88. The van der Waals surface area contributed by atoms with Gasteiger partial charge in [0.25, 0.3) is 0 Å². The number of pyridine rings is 1. The predicted molar refractivity (Wildman–Crippen MR) is 109 cm³/mol. The van der Waals surface area contributed by atoms with Crippen molar-refractivity contribution in [2.75, 3.05) is 18.9 Å². The molecule has 5 heteroatoms. The van der Waals surface area contributed by atoms with Crippen LogP contribution in [0.1, 0.15) is 11.1 Å². The summed E-state index contributed by atoms with van der Waals surface area (Å²) < 4.78 is 5.48. The lowest BCUT2D eigenvalue weighted by atomic mass is 10.0. The quantitative estimate of drug-likeness (QED) is 0.568. The fourth-order valence-corrected chi connectivity index (χ4v) is 3.45. The van der Waals surface area contributed by atoms with Crippen molar-refractivity contribution in [3.63, 3.8) is 0 Å². The molecule has 4 aromatic rings. The second-order valence-electron chi connectivity index (χ2n) is 6.88. The molecule has 3 heterocycles. The van der Waals surface area contributed by atoms with Crippen LogP contribution in [-0.2, 0) is 6.54 Å². The third-order valence-corrected chi connectivity index (χ3v) is 4.96. The Hall–Kier alpha value is -3.31. The Bertz CT molecular complexity index is 1160. The Kier molecular flexibility index (Phi) is 3.80. The summed E-state index contributed by atoms with van der Waals surface area (Å²) in [6.45, 7) is 1.56. The lowest BCUT2D eigenvalue weighted by Crippen LogP contribution is -2.23. The van der Waals surface area contributed by atoms with E-state index >= 15 is 0 Å². The SMILES string of the molecule is CN1C=C(c2ccc3cnc(NCc4ccc5ccoc5c4)cc3c2)CN1. The third kappa shape index (κ3) is 3.13. The van der Waals surface area contributed by atoms with Gasteiger partial charge in [0.15, 0.2) is 0 Å². The van der Waals surface area contributed by atoms with Crippen LogP contribution in [0.5, 0.6) is 0 Å². The van der Waals surface area contributed by atoms with Crippen LogP contribution in [0.25, 0.3) is 27.3 Å². The summed E-state index contributed by atoms with van der Waals surface area (Å²) in [5, 5.41) is 8.86. The van der Waals surface area contributed by atoms with Crippen LogP contribution in [0.3, 0.4) is 0 Å². The van der Waals surface area contributed by atoms with E-state index in [1.165, 1.54) is 22.1 Å². The number of furan rings is 1. The highest BCUT2D eigenvalue weighted by molar-refractivity contribution is 5.88. The first kappa shape index (κ1) is 15.9. The Balaban J connectivity index is 1.38. The topological polar surface area (TPSA) is 53.3 Å². The van der Waals surface area contributed by atoms with Crippen LogP contribution in [0.15, 0.2) is 71.6 Å². The molecule has 0 saturated heterocycles. The Morgan fingerprint density at radius 3 is 2.89 bits per heavy atom. The van der Waals surface area contributed by atoms with E-state index in [2.05, 4.69) is 64.4 Å². The van der Waals surface area contributed by atoms with Gasteiger partial charge in [0.05, 0.1) is 6.26 Å². The van der Waals surface area contributed by atoms with Crippen molar-refractivity contribution in [1.29, 1.82) is 0 Å². The van der Waals surface area contributed by atoms with Crippen molar-refractivity contribution in [1.82, 2.24) is 15.4 Å². The van der Waals surface area contributed by atoms with Crippen molar-refractivity contribution in [3.05, 3.63) is 78.3 Å². The Morgan fingerprint density at radius 2 is 2.00 bits per heavy atom. The number of hydrazine groups is 1. The maximum Gasteiger partial charge on any atom is 0.134 e. The van der Waals surface area contributed by atoms with Crippen LogP contribution < -0.4 is 10.7 Å². The van der Waals surface area contributed by atoms with Gasteiger partial charge in [-0.3, -0.25) is 0 Å². The number of hydrogen-bond acceptors (Lipinski definition) is 5. The molecule has 0 saturated carbocycles. The zero-order valence-electron chi connectivity index (χ0n) is 15.1. The molecule has 0 amide bonds. The second kappa shape index (κ2) is 6.45. The van der Waals surface area contributed by atoms with Crippen molar-refractivity contribution >= 4 is 33.1 Å². The van der Waals surface area contributed by atoms with Gasteiger partial charge in [0.2, 0.25) is 0 Å². The highest BCUT2D eigenvalue weighted by atomic mass is 16.3. The average Bonchev–Trinajstić information content (AvgIpc) is 3.34. The minimum atomic E-state index is 0.703. The van der Waals surface area contributed by atoms with E-state index in [1.54, 1.807) is 6.26 Å². The van der Waals surface area contributed by atoms with E-state index in [9.17, 15) is 0 Å². The molecular formula is C22H20N4O. The van der Waals surface area contributed by atoms with Gasteiger partial charge in [0, 0.05) is 43.3 Å². The standard InChI is InChI=1S/C22H20N4O/c1-26-14-20(13-25-26)17-4-5-18-12-24-22(10-19(18)9-17)23-11-15-2-3-16-6-7-27-21(16)8-15/h2-10,12,14,25H,11,13H2,1H3,(H,23,24). The molecule has 134 valence electrons. The van der Waals surface area contributed by atoms with Crippen molar-refractivity contribution in [2.24, 2.45) is 0 Å². The molecule has 0 fully saturated rings. The number of aromatic nitrogens is 1. The molecule has 2 aromatic heterocycles. The Labute approximate surface area is 157 Å². The summed E-state index contributed by atoms with van der Waals surface area (Å²) in [4.78, 5) is 4.54. The minimum Gasteiger partial charge on any atom is -0.464 e. The Morgan fingerprint density at radius 1 is 1.07 bits per heavy atom. The number of anilines is 1. The van der Waals surface area contributed by atoms with Gasteiger partial charge in [-0.25, -0.2) is 10.4 Å². The molecule has 0 radical (unpaired) electrons. The summed E-state index contributed by atoms with van der Waals surface area (Å²) in [5.74, 6) is 0.870. The van der Waals surface area contributed by atoms with Crippen molar-refractivity contribution in [3.8, 4) is 0 Å². The van der Waals surface area contributed by atoms with E-state index in [4.69, 9.17) is 4.42 Å². The summed E-state index contributed by atoms with van der Waals surface area (Å²) in [6, 6.07) is 16.9. The van der Waals surface area contributed by atoms with E-state index < -0.39 is 0 Å². The van der Waals surface area contributed by atoms with Gasteiger partial charge >= 0.3 is 0 Å². The smallest absolute Gasteiger partial charge is 0.134 e. The number of benzene rings is 2. The highest BCUT2D eigenvalue weighted by Gasteiger charge is 2.11. The van der Waals surface area contributed by atoms with Gasteiger partial charge in [-0.05, 0) is 46.4 Å². The first-order valence-corrected chi connectivity index (χ1v) is 9.02. The van der Waals surface area contributed by atoms with Crippen LogP contribution in [0, 0.1) is 0 Å². The van der Waals surface area contributed by atoms with Gasteiger partial charge in [0.1, 0.15) is 11.4 Å². The zero-order valence-corrected chi connectivity index (χ0v) is 15.1. The largest absolute Gasteiger partial charge is 0.464 e. The highest BCUT2D eigenvalue weighted by Crippen LogP contribution is 2.24. The maximum absolute atomic E-state index is 5.48. The lowest BCUT2D eigenvalue weighted by molar-refractivity contribution is 0.374. The molecule has 2 aromatic carbocycles. The normalized spacial score (nSPS) is 14.1. The maximum atomic E-state index is 5.48. The fraction of sp³-hybridized carbons (Fsp3) is 0.136. The fourth-order valence-electron chi connectivity index (χ4n) is 3.45. The molecule has 2 N–H and O–H groups in total. The van der Waals surface area contributed by atoms with Gasteiger partial charge < -0.3 is 14.7 Å². The predicted octanol–water partition coefficient (Wildman–Crippen LogP) is 4.38. The van der Waals surface area contributed by atoms with Gasteiger partial charge in [-0.15, -0.1) is 0 Å². The first-order valence-electron chi connectivity index (χ1n) is 9.02.